The highest BCUT2D eigenvalue weighted by molar-refractivity contribution is 7.68. The summed E-state index contributed by atoms with van der Waals surface area (Å²) in [5, 5.41) is 0. The van der Waals surface area contributed by atoms with Gasteiger partial charge in [-0.2, -0.15) is 9.29 Å². The van der Waals surface area contributed by atoms with Gasteiger partial charge in [0.05, 0.1) is 19.0 Å². The van der Waals surface area contributed by atoms with E-state index in [2.05, 4.69) is 23.6 Å². The molecule has 0 fully saturated rings. The first kappa shape index (κ1) is 23.8. The van der Waals surface area contributed by atoms with Crippen molar-refractivity contribution < 1.29 is 46.6 Å². The zero-order chi connectivity index (χ0) is 22.0. The third-order valence-corrected chi connectivity index (χ3v) is 7.26. The fourth-order valence-corrected chi connectivity index (χ4v) is 5.50. The number of hydrogen-bond acceptors (Lipinski definition) is 10. The van der Waals surface area contributed by atoms with Gasteiger partial charge in [0.25, 0.3) is 5.56 Å². The lowest BCUT2D eigenvalue weighted by molar-refractivity contribution is 0.0598. The van der Waals surface area contributed by atoms with E-state index >= 15 is 0 Å². The van der Waals surface area contributed by atoms with Crippen LogP contribution in [-0.2, 0) is 33.6 Å². The molecule has 2 aromatic rings. The molecule has 19 heteroatoms. The number of fused-ring (bicyclic) bond motifs is 1. The van der Waals surface area contributed by atoms with Gasteiger partial charge in [0.2, 0.25) is 5.95 Å². The van der Waals surface area contributed by atoms with E-state index in [1.165, 1.54) is 10.9 Å². The minimum absolute atomic E-state index is 0.0126. The molecule has 0 spiro atoms. The highest BCUT2D eigenvalue weighted by Gasteiger charge is 2.40. The summed E-state index contributed by atoms with van der Waals surface area (Å²) >= 11 is 0. The largest absolute Gasteiger partial charge is 0.488 e. The zero-order valence-electron chi connectivity index (χ0n) is 14.7. The van der Waals surface area contributed by atoms with Crippen molar-refractivity contribution in [2.75, 3.05) is 12.1 Å². The number of ether oxygens (including phenoxy) is 1. The van der Waals surface area contributed by atoms with Gasteiger partial charge in [0.15, 0.2) is 11.2 Å². The molecule has 164 valence electrons. The van der Waals surface area contributed by atoms with E-state index in [1.807, 2.05) is 0 Å². The van der Waals surface area contributed by atoms with Gasteiger partial charge in [-0.1, -0.05) is 6.92 Å². The van der Waals surface area contributed by atoms with E-state index in [0.717, 1.165) is 0 Å². The van der Waals surface area contributed by atoms with Crippen LogP contribution in [0.15, 0.2) is 11.1 Å². The molecule has 0 aliphatic carbocycles. The van der Waals surface area contributed by atoms with Crippen LogP contribution in [0.25, 0.3) is 11.2 Å². The molecule has 2 rings (SSSR count). The van der Waals surface area contributed by atoms with E-state index in [-0.39, 0.29) is 30.1 Å². The zero-order valence-corrected chi connectivity index (χ0v) is 17.4. The number of imidazole rings is 1. The highest BCUT2D eigenvalue weighted by Crippen LogP contribution is 2.65. The van der Waals surface area contributed by atoms with Gasteiger partial charge in [-0.05, 0) is 6.42 Å². The lowest BCUT2D eigenvalue weighted by Gasteiger charge is -2.20. The first-order chi connectivity index (χ1) is 13.2. The summed E-state index contributed by atoms with van der Waals surface area (Å²) in [6.07, 6.45) is -0.291. The van der Waals surface area contributed by atoms with Crippen molar-refractivity contribution in [3.8, 4) is 0 Å². The molecule has 0 amide bonds. The fourth-order valence-electron chi connectivity index (χ4n) is 2.16. The molecule has 0 radical (unpaired) electrons. The number of nitrogens with zero attached hydrogens (tertiary/aromatic N) is 3. The van der Waals surface area contributed by atoms with Gasteiger partial charge in [0.1, 0.15) is 6.35 Å². The molecule has 3 atom stereocenters. The quantitative estimate of drug-likeness (QED) is 0.244. The number of nitrogen functional groups attached to an aromatic ring is 1. The Morgan fingerprint density at radius 3 is 2.48 bits per heavy atom. The molecule has 7 N–H and O–H groups in total. The second-order valence-corrected chi connectivity index (χ2v) is 10.4. The summed E-state index contributed by atoms with van der Waals surface area (Å²) in [6.45, 7) is 1.67. The molecule has 16 nitrogen and oxygen atoms in total. The van der Waals surface area contributed by atoms with Crippen LogP contribution in [0.5, 0.6) is 0 Å². The summed E-state index contributed by atoms with van der Waals surface area (Å²) in [7, 11) is -15.9. The van der Waals surface area contributed by atoms with Crippen LogP contribution >= 0.6 is 23.2 Å². The summed E-state index contributed by atoms with van der Waals surface area (Å²) in [5.41, 5.74) is 5.09. The molecular weight excluding hydrogens is 459 g/mol. The van der Waals surface area contributed by atoms with Crippen LogP contribution in [0, 0.1) is 0 Å². The van der Waals surface area contributed by atoms with E-state index in [4.69, 9.17) is 25.2 Å². The van der Waals surface area contributed by atoms with Crippen LogP contribution < -0.4 is 11.3 Å². The molecule has 0 saturated heterocycles. The van der Waals surface area contributed by atoms with E-state index in [0.29, 0.717) is 0 Å². The van der Waals surface area contributed by atoms with Crippen molar-refractivity contribution >= 4 is 40.4 Å². The smallest absolute Gasteiger partial charge is 0.369 e. The van der Waals surface area contributed by atoms with Crippen LogP contribution in [0.2, 0.25) is 0 Å². The number of hydrogen-bond donors (Lipinski definition) is 6. The van der Waals surface area contributed by atoms with Crippen molar-refractivity contribution in [3.05, 3.63) is 16.7 Å². The number of anilines is 1. The number of aromatic nitrogens is 4. The first-order valence-corrected chi connectivity index (χ1v) is 12.5. The normalized spacial score (nSPS) is 17.7. The molecular formula is C10H18N5O11P3. The number of aromatic amines is 1. The Hall–Kier alpha value is -1.44. The van der Waals surface area contributed by atoms with Gasteiger partial charge < -0.3 is 34.6 Å². The van der Waals surface area contributed by atoms with Crippen molar-refractivity contribution in [2.24, 2.45) is 0 Å². The maximum absolute atomic E-state index is 11.9. The van der Waals surface area contributed by atoms with Crippen molar-refractivity contribution in [1.82, 2.24) is 19.5 Å². The highest BCUT2D eigenvalue weighted by atomic mass is 31.3. The molecule has 0 aliphatic rings. The molecule has 0 bridgehead atoms. The second kappa shape index (κ2) is 8.74. The number of H-pyrrole nitrogens is 1. The van der Waals surface area contributed by atoms with Crippen molar-refractivity contribution in [2.45, 2.75) is 26.0 Å². The monoisotopic (exact) mass is 477 g/mol. The standard InChI is InChI=1S/C10H18N5O11P3/c1-2-6(3-15-4-12-7-8(15)13-10(11)14-9(7)16)24-5-27(17,18)25-29(22,23)26-28(19,20)21/h4,6H,2-3,5H2,1H3,(H,17,18)(H,22,23)(H2,19,20,21)(H3,11,13,14,16). The van der Waals surface area contributed by atoms with Crippen LogP contribution in [0.3, 0.4) is 0 Å². The minimum Gasteiger partial charge on any atom is -0.369 e. The fraction of sp³-hybridized carbons (Fsp3) is 0.500. The Bertz CT molecular complexity index is 1080. The molecule has 2 heterocycles. The van der Waals surface area contributed by atoms with Gasteiger partial charge in [-0.25, -0.2) is 18.4 Å². The summed E-state index contributed by atoms with van der Waals surface area (Å²) in [5.74, 6) is -0.143. The third-order valence-electron chi connectivity index (χ3n) is 3.26. The predicted molar refractivity (Wildman–Crippen MR) is 96.5 cm³/mol. The summed E-state index contributed by atoms with van der Waals surface area (Å²) < 4.78 is 47.9. The molecule has 0 saturated carbocycles. The average molecular weight is 477 g/mol. The van der Waals surface area contributed by atoms with E-state index < -0.39 is 41.3 Å². The Morgan fingerprint density at radius 2 is 1.90 bits per heavy atom. The molecule has 0 aliphatic heterocycles. The van der Waals surface area contributed by atoms with Gasteiger partial charge in [-0.15, -0.1) is 0 Å². The van der Waals surface area contributed by atoms with Gasteiger partial charge >= 0.3 is 23.2 Å². The lowest BCUT2D eigenvalue weighted by atomic mass is 10.3. The van der Waals surface area contributed by atoms with Crippen LogP contribution in [-0.4, -0.2) is 51.5 Å². The van der Waals surface area contributed by atoms with Crippen molar-refractivity contribution in [3.63, 3.8) is 0 Å². The van der Waals surface area contributed by atoms with Crippen molar-refractivity contribution in [1.29, 1.82) is 0 Å². The number of rotatable bonds is 10. The molecule has 2 aromatic heterocycles. The Kier molecular flexibility index (Phi) is 7.18. The SMILES string of the molecule is CCC(Cn1cnc2c(=O)[nH]c(N)nc21)OCP(=O)(O)OP(=O)(O)OP(=O)(O)O. The summed E-state index contributed by atoms with van der Waals surface area (Å²) in [6, 6.07) is 0. The van der Waals surface area contributed by atoms with Crippen LogP contribution in [0.1, 0.15) is 13.3 Å². The first-order valence-electron chi connectivity index (χ1n) is 7.66. The predicted octanol–water partition coefficient (Wildman–Crippen LogP) is -0.134. The Balaban J connectivity index is 2.07. The third kappa shape index (κ3) is 7.08. The maximum Gasteiger partial charge on any atom is 0.488 e. The number of nitrogens with one attached hydrogen (secondary N) is 1. The number of nitrogens with two attached hydrogens (primary N) is 1. The molecule has 3 unspecified atom stereocenters. The van der Waals surface area contributed by atoms with Crippen LogP contribution in [0.4, 0.5) is 5.95 Å². The Labute approximate surface area is 162 Å². The second-order valence-electron chi connectivity index (χ2n) is 5.61. The summed E-state index contributed by atoms with van der Waals surface area (Å²) in [4.78, 5) is 57.7. The number of phosphoric acid groups is 2. The van der Waals surface area contributed by atoms with E-state index in [1.54, 1.807) is 6.92 Å². The maximum atomic E-state index is 11.9. The lowest BCUT2D eigenvalue weighted by Crippen LogP contribution is -2.21. The van der Waals surface area contributed by atoms with Gasteiger partial charge in [-0.3, -0.25) is 14.3 Å². The molecule has 0 aromatic carbocycles. The molecule has 29 heavy (non-hydrogen) atoms. The minimum atomic E-state index is -5.54. The average Bonchev–Trinajstić information content (AvgIpc) is 2.90. The van der Waals surface area contributed by atoms with Gasteiger partial charge in [0, 0.05) is 0 Å². The van der Waals surface area contributed by atoms with E-state index in [9.17, 15) is 23.4 Å². The topological polar surface area (TPSA) is 249 Å². The Morgan fingerprint density at radius 1 is 1.24 bits per heavy atom.